The van der Waals surface area contributed by atoms with Gasteiger partial charge in [0.05, 0.1) is 13.2 Å². The molecule has 0 bridgehead atoms. The molecule has 3 fully saturated rings. The molecule has 1 heterocycles. The Morgan fingerprint density at radius 1 is 1.07 bits per heavy atom. The fraction of sp³-hybridized carbons (Fsp3) is 0.792. The Labute approximate surface area is 162 Å². The molecular formula is C24H32O3. The Kier molecular flexibility index (Phi) is 3.24. The molecule has 3 nitrogen and oxygen atoms in total. The summed E-state index contributed by atoms with van der Waals surface area (Å²) >= 11 is 0. The van der Waals surface area contributed by atoms with E-state index in [1.54, 1.807) is 16.7 Å². The summed E-state index contributed by atoms with van der Waals surface area (Å²) in [7, 11) is 0. The SMILES string of the molecule is CC1(C)COC2(CCC3=C(CC[C@@H]4C3=CC[C@]3(C)C(=O)C5CC5[C@@H]43)C2)OC1. The van der Waals surface area contributed by atoms with Gasteiger partial charge in [-0.3, -0.25) is 4.79 Å². The summed E-state index contributed by atoms with van der Waals surface area (Å²) in [6.45, 7) is 8.30. The van der Waals surface area contributed by atoms with Gasteiger partial charge in [-0.25, -0.2) is 0 Å². The van der Waals surface area contributed by atoms with Crippen molar-refractivity contribution in [2.45, 2.75) is 71.5 Å². The van der Waals surface area contributed by atoms with Crippen LogP contribution in [0.3, 0.4) is 0 Å². The van der Waals surface area contributed by atoms with E-state index in [1.807, 2.05) is 0 Å². The van der Waals surface area contributed by atoms with Crippen LogP contribution in [0.25, 0.3) is 0 Å². The third-order valence-corrected chi connectivity index (χ3v) is 8.74. The molecule has 2 unspecified atom stereocenters. The average Bonchev–Trinajstić information content (AvgIpc) is 3.39. The van der Waals surface area contributed by atoms with Crippen molar-refractivity contribution in [3.8, 4) is 0 Å². The van der Waals surface area contributed by atoms with Gasteiger partial charge in [0.2, 0.25) is 0 Å². The van der Waals surface area contributed by atoms with Crippen molar-refractivity contribution >= 4 is 5.78 Å². The molecule has 6 rings (SSSR count). The van der Waals surface area contributed by atoms with Crippen molar-refractivity contribution in [2.24, 2.45) is 34.5 Å². The lowest BCUT2D eigenvalue weighted by Gasteiger charge is -2.50. The number of carbonyl (C=O) groups is 1. The van der Waals surface area contributed by atoms with Gasteiger partial charge in [-0.1, -0.05) is 32.4 Å². The monoisotopic (exact) mass is 368 g/mol. The van der Waals surface area contributed by atoms with Crippen molar-refractivity contribution in [3.63, 3.8) is 0 Å². The molecule has 0 N–H and O–H groups in total. The zero-order valence-corrected chi connectivity index (χ0v) is 17.0. The molecule has 1 spiro atoms. The van der Waals surface area contributed by atoms with Crippen LogP contribution in [0.2, 0.25) is 0 Å². The van der Waals surface area contributed by atoms with E-state index >= 15 is 0 Å². The predicted molar refractivity (Wildman–Crippen MR) is 103 cm³/mol. The number of Topliss-reactive ketones (excluding diaryl/α,β-unsaturated/α-hetero) is 1. The van der Waals surface area contributed by atoms with Gasteiger partial charge in [0, 0.05) is 29.6 Å². The smallest absolute Gasteiger partial charge is 0.172 e. The van der Waals surface area contributed by atoms with E-state index in [2.05, 4.69) is 26.8 Å². The van der Waals surface area contributed by atoms with Crippen LogP contribution in [0.1, 0.15) is 65.7 Å². The summed E-state index contributed by atoms with van der Waals surface area (Å²) in [4.78, 5) is 12.8. The van der Waals surface area contributed by atoms with Crippen molar-refractivity contribution < 1.29 is 14.3 Å². The van der Waals surface area contributed by atoms with Crippen LogP contribution in [0, 0.1) is 34.5 Å². The maximum absolute atomic E-state index is 12.8. The molecule has 0 aromatic rings. The largest absolute Gasteiger partial charge is 0.349 e. The van der Waals surface area contributed by atoms with Crippen LogP contribution < -0.4 is 0 Å². The number of rotatable bonds is 0. The highest BCUT2D eigenvalue weighted by Gasteiger charge is 2.68. The van der Waals surface area contributed by atoms with Gasteiger partial charge < -0.3 is 9.47 Å². The van der Waals surface area contributed by atoms with E-state index < -0.39 is 0 Å². The average molecular weight is 369 g/mol. The van der Waals surface area contributed by atoms with Crippen molar-refractivity contribution in [2.75, 3.05) is 13.2 Å². The molecular weight excluding hydrogens is 336 g/mol. The summed E-state index contributed by atoms with van der Waals surface area (Å²) in [5, 5.41) is 0. The predicted octanol–water partition coefficient (Wildman–Crippen LogP) is 4.82. The zero-order chi connectivity index (χ0) is 18.6. The number of hydrogen-bond donors (Lipinski definition) is 0. The second-order valence-corrected chi connectivity index (χ2v) is 11.2. The molecule has 2 saturated carbocycles. The molecule has 5 atom stereocenters. The second-order valence-electron chi connectivity index (χ2n) is 11.2. The van der Waals surface area contributed by atoms with E-state index in [-0.39, 0.29) is 16.6 Å². The number of carbonyl (C=O) groups excluding carboxylic acids is 1. The minimum absolute atomic E-state index is 0.0587. The van der Waals surface area contributed by atoms with Gasteiger partial charge >= 0.3 is 0 Å². The third-order valence-electron chi connectivity index (χ3n) is 8.74. The lowest BCUT2D eigenvalue weighted by atomic mass is 9.57. The van der Waals surface area contributed by atoms with Crippen LogP contribution >= 0.6 is 0 Å². The summed E-state index contributed by atoms with van der Waals surface area (Å²) in [6.07, 6.45) is 10.0. The second kappa shape index (κ2) is 5.16. The minimum Gasteiger partial charge on any atom is -0.349 e. The summed E-state index contributed by atoms with van der Waals surface area (Å²) in [5.74, 6) is 2.57. The van der Waals surface area contributed by atoms with E-state index in [9.17, 15) is 4.79 Å². The highest BCUT2D eigenvalue weighted by Crippen LogP contribution is 2.69. The normalized spacial score (nSPS) is 46.3. The number of ketones is 1. The molecule has 3 heteroatoms. The number of hydrogen-bond acceptors (Lipinski definition) is 3. The highest BCUT2D eigenvalue weighted by atomic mass is 16.7. The quantitative estimate of drug-likeness (QED) is 0.615. The first-order valence-corrected chi connectivity index (χ1v) is 11.1. The maximum atomic E-state index is 12.8. The molecule has 0 aromatic heterocycles. The fourth-order valence-electron chi connectivity index (χ4n) is 7.21. The van der Waals surface area contributed by atoms with E-state index in [0.717, 1.165) is 38.9 Å². The molecule has 5 aliphatic carbocycles. The van der Waals surface area contributed by atoms with Gasteiger partial charge in [-0.2, -0.15) is 0 Å². The molecule has 1 saturated heterocycles. The lowest BCUT2D eigenvalue weighted by Crippen LogP contribution is -2.49. The van der Waals surface area contributed by atoms with Crippen LogP contribution in [-0.2, 0) is 14.3 Å². The van der Waals surface area contributed by atoms with Gasteiger partial charge in [0.25, 0.3) is 0 Å². The Morgan fingerprint density at radius 2 is 1.85 bits per heavy atom. The first-order valence-electron chi connectivity index (χ1n) is 11.1. The minimum atomic E-state index is -0.365. The van der Waals surface area contributed by atoms with E-state index in [1.165, 1.54) is 19.3 Å². The first-order chi connectivity index (χ1) is 12.8. The molecule has 0 radical (unpaired) electrons. The van der Waals surface area contributed by atoms with Gasteiger partial charge in [0.15, 0.2) is 5.79 Å². The van der Waals surface area contributed by atoms with Gasteiger partial charge in [0.1, 0.15) is 5.78 Å². The van der Waals surface area contributed by atoms with Gasteiger partial charge in [-0.05, 0) is 61.0 Å². The highest BCUT2D eigenvalue weighted by molar-refractivity contribution is 5.93. The lowest BCUT2D eigenvalue weighted by molar-refractivity contribution is -0.302. The summed E-state index contributed by atoms with van der Waals surface area (Å²) in [6, 6.07) is 0. The van der Waals surface area contributed by atoms with Crippen LogP contribution in [-0.4, -0.2) is 24.8 Å². The van der Waals surface area contributed by atoms with Crippen LogP contribution in [0.4, 0.5) is 0 Å². The third kappa shape index (κ3) is 2.25. The van der Waals surface area contributed by atoms with Crippen molar-refractivity contribution in [3.05, 3.63) is 22.8 Å². The van der Waals surface area contributed by atoms with E-state index in [0.29, 0.717) is 29.5 Å². The molecule has 1 aliphatic heterocycles. The molecule has 27 heavy (non-hydrogen) atoms. The topological polar surface area (TPSA) is 35.5 Å². The first kappa shape index (κ1) is 17.0. The Hall–Kier alpha value is -0.930. The van der Waals surface area contributed by atoms with E-state index in [4.69, 9.17) is 9.47 Å². The number of allylic oxidation sites excluding steroid dienone is 3. The summed E-state index contributed by atoms with van der Waals surface area (Å²) < 4.78 is 12.6. The maximum Gasteiger partial charge on any atom is 0.172 e. The number of ether oxygens (including phenoxy) is 2. The van der Waals surface area contributed by atoms with Crippen LogP contribution in [0.15, 0.2) is 22.8 Å². The fourth-order valence-corrected chi connectivity index (χ4v) is 7.21. The molecule has 0 aromatic carbocycles. The Bertz CT molecular complexity index is 777. The Balaban J connectivity index is 1.30. The molecule has 0 amide bonds. The number of fused-ring (bicyclic) bond motifs is 6. The Morgan fingerprint density at radius 3 is 2.63 bits per heavy atom. The van der Waals surface area contributed by atoms with Crippen molar-refractivity contribution in [1.29, 1.82) is 0 Å². The standard InChI is InChI=1S/C24H32O3/c1-22(2)12-26-24(27-13-22)9-7-15-14(11-24)4-5-17-16(15)6-8-23(3)20(17)18-10-19(18)21(23)25/h6,17-20H,4-5,7-13H2,1-3H3/t17-,18?,19?,20-,23+/m1/s1. The zero-order valence-electron chi connectivity index (χ0n) is 17.0. The summed E-state index contributed by atoms with van der Waals surface area (Å²) in [5.41, 5.74) is 4.89. The van der Waals surface area contributed by atoms with Crippen molar-refractivity contribution in [1.82, 2.24) is 0 Å². The molecule has 6 aliphatic rings. The van der Waals surface area contributed by atoms with Gasteiger partial charge in [-0.15, -0.1) is 0 Å². The molecule has 146 valence electrons. The van der Waals surface area contributed by atoms with Crippen LogP contribution in [0.5, 0.6) is 0 Å².